The van der Waals surface area contributed by atoms with E-state index in [0.29, 0.717) is 0 Å². The first-order valence-corrected chi connectivity index (χ1v) is 11.2. The van der Waals surface area contributed by atoms with Crippen molar-refractivity contribution in [2.45, 2.75) is 13.8 Å². The van der Waals surface area contributed by atoms with Gasteiger partial charge in [-0.3, -0.25) is 0 Å². The van der Waals surface area contributed by atoms with Crippen molar-refractivity contribution in [3.63, 3.8) is 0 Å². The van der Waals surface area contributed by atoms with Crippen LogP contribution in [0.3, 0.4) is 0 Å². The minimum atomic E-state index is -2.29. The van der Waals surface area contributed by atoms with Crippen molar-refractivity contribution in [1.29, 1.82) is 0 Å². The van der Waals surface area contributed by atoms with Gasteiger partial charge < -0.3 is 4.74 Å². The van der Waals surface area contributed by atoms with Gasteiger partial charge in [0.15, 0.2) is 0 Å². The SMILES string of the molecule is CC(C)=CCOC(=O)C=P(c1ccccc1)(c1ccccc1)c1ccccc1. The molecular formula is C25H25O2P. The number of carbonyl (C=O) groups is 1. The highest BCUT2D eigenvalue weighted by Gasteiger charge is 2.26. The lowest BCUT2D eigenvalue weighted by Gasteiger charge is -2.28. The molecule has 0 atom stereocenters. The zero-order valence-corrected chi connectivity index (χ0v) is 17.2. The molecule has 3 aromatic rings. The lowest BCUT2D eigenvalue weighted by atomic mass is 10.3. The molecule has 0 aliphatic rings. The normalized spacial score (nSPS) is 10.8. The van der Waals surface area contributed by atoms with Crippen molar-refractivity contribution in [2.75, 3.05) is 6.61 Å². The van der Waals surface area contributed by atoms with Gasteiger partial charge in [-0.25, -0.2) is 4.79 Å². The van der Waals surface area contributed by atoms with Gasteiger partial charge in [-0.05, 0) is 42.7 Å². The fraction of sp³-hybridized carbons (Fsp3) is 0.120. The summed E-state index contributed by atoms with van der Waals surface area (Å²) in [6.07, 6.45) is 1.92. The molecule has 3 rings (SSSR count). The Balaban J connectivity index is 2.24. The first-order chi connectivity index (χ1) is 13.6. The fourth-order valence-electron chi connectivity index (χ4n) is 3.15. The van der Waals surface area contributed by atoms with Crippen molar-refractivity contribution in [1.82, 2.24) is 0 Å². The monoisotopic (exact) mass is 388 g/mol. The van der Waals surface area contributed by atoms with Crippen LogP contribution >= 0.6 is 6.89 Å². The topological polar surface area (TPSA) is 26.3 Å². The zero-order valence-electron chi connectivity index (χ0n) is 16.3. The Hall–Kier alpha value is -2.83. The number of carbonyl (C=O) groups excluding carboxylic acids is 1. The minimum absolute atomic E-state index is 0.288. The van der Waals surface area contributed by atoms with E-state index in [1.807, 2.05) is 80.3 Å². The summed E-state index contributed by atoms with van der Waals surface area (Å²) >= 11 is 0. The molecule has 0 spiro atoms. The molecule has 0 unspecified atom stereocenters. The van der Waals surface area contributed by atoms with Crippen LogP contribution < -0.4 is 15.9 Å². The Morgan fingerprint density at radius 3 is 1.50 bits per heavy atom. The Morgan fingerprint density at radius 1 is 0.750 bits per heavy atom. The molecular weight excluding hydrogens is 363 g/mol. The third kappa shape index (κ3) is 4.52. The predicted molar refractivity (Wildman–Crippen MR) is 122 cm³/mol. The Bertz CT molecular complexity index is 883. The quantitative estimate of drug-likeness (QED) is 0.358. The van der Waals surface area contributed by atoms with Gasteiger partial charge >= 0.3 is 5.97 Å². The second kappa shape index (κ2) is 9.39. The molecule has 0 aromatic heterocycles. The summed E-state index contributed by atoms with van der Waals surface area (Å²) in [4.78, 5) is 12.9. The Kier molecular flexibility index (Phi) is 6.68. The lowest BCUT2D eigenvalue weighted by Crippen LogP contribution is -2.29. The Morgan fingerprint density at radius 2 is 1.14 bits per heavy atom. The predicted octanol–water partition coefficient (Wildman–Crippen LogP) is 4.29. The average Bonchev–Trinajstić information content (AvgIpc) is 2.74. The summed E-state index contributed by atoms with van der Waals surface area (Å²) in [5.74, 6) is 1.52. The summed E-state index contributed by atoms with van der Waals surface area (Å²) in [6, 6.07) is 30.8. The first kappa shape index (κ1) is 19.9. The van der Waals surface area contributed by atoms with Crippen LogP contribution in [0.4, 0.5) is 0 Å². The maximum absolute atomic E-state index is 12.9. The Labute approximate surface area is 167 Å². The highest BCUT2D eigenvalue weighted by Crippen LogP contribution is 2.43. The fourth-order valence-corrected chi connectivity index (χ4v) is 6.81. The molecule has 0 saturated heterocycles. The second-order valence-corrected chi connectivity index (χ2v) is 10.0. The number of hydrogen-bond donors (Lipinski definition) is 0. The van der Waals surface area contributed by atoms with Crippen LogP contribution in [0.25, 0.3) is 0 Å². The van der Waals surface area contributed by atoms with Crippen molar-refractivity contribution >= 4 is 34.6 Å². The van der Waals surface area contributed by atoms with Gasteiger partial charge in [-0.1, -0.05) is 96.6 Å². The van der Waals surface area contributed by atoms with E-state index in [2.05, 4.69) is 36.4 Å². The molecule has 0 fully saturated rings. The largest absolute Gasteiger partial charge is 0.458 e. The van der Waals surface area contributed by atoms with E-state index in [1.54, 1.807) is 0 Å². The van der Waals surface area contributed by atoms with Crippen LogP contribution in [0.2, 0.25) is 0 Å². The van der Waals surface area contributed by atoms with Crippen molar-refractivity contribution in [2.24, 2.45) is 0 Å². The first-order valence-electron chi connectivity index (χ1n) is 9.34. The molecule has 0 amide bonds. The summed E-state index contributed by atoms with van der Waals surface area (Å²) in [5.41, 5.74) is 1.13. The molecule has 142 valence electrons. The maximum Gasteiger partial charge on any atom is 0.332 e. The van der Waals surface area contributed by atoms with E-state index in [-0.39, 0.29) is 12.6 Å². The molecule has 0 saturated carbocycles. The molecule has 0 aliphatic carbocycles. The second-order valence-electron chi connectivity index (χ2n) is 6.77. The van der Waals surface area contributed by atoms with Crippen LogP contribution in [-0.2, 0) is 9.53 Å². The minimum Gasteiger partial charge on any atom is -0.458 e. The molecule has 2 nitrogen and oxygen atoms in total. The summed E-state index contributed by atoms with van der Waals surface area (Å²) in [7, 11) is 0. The van der Waals surface area contributed by atoms with Crippen LogP contribution in [0.15, 0.2) is 103 Å². The van der Waals surface area contributed by atoms with Crippen molar-refractivity contribution in [3.8, 4) is 0 Å². The summed E-state index contributed by atoms with van der Waals surface area (Å²) < 4.78 is 5.53. The standard InChI is InChI=1S/C25H25O2P/c1-21(2)18-19-27-25(26)20-28(22-12-6-3-7-13-22,23-14-8-4-9-15-23)24-16-10-5-11-17-24/h3-18,20H,19H2,1-2H3. The van der Waals surface area contributed by atoms with Gasteiger partial charge in [0.1, 0.15) is 6.61 Å². The van der Waals surface area contributed by atoms with Gasteiger partial charge in [0.2, 0.25) is 0 Å². The van der Waals surface area contributed by atoms with E-state index >= 15 is 0 Å². The van der Waals surface area contributed by atoms with E-state index in [4.69, 9.17) is 4.74 Å². The molecule has 0 N–H and O–H groups in total. The third-order valence-electron chi connectivity index (χ3n) is 4.51. The maximum atomic E-state index is 12.9. The molecule has 3 aromatic carbocycles. The highest BCUT2D eigenvalue weighted by atomic mass is 31.2. The van der Waals surface area contributed by atoms with Crippen LogP contribution in [0, 0.1) is 0 Å². The molecule has 28 heavy (non-hydrogen) atoms. The van der Waals surface area contributed by atoms with Crippen molar-refractivity contribution in [3.05, 3.63) is 103 Å². The number of hydrogen-bond acceptors (Lipinski definition) is 2. The van der Waals surface area contributed by atoms with Gasteiger partial charge in [-0.2, -0.15) is 0 Å². The van der Waals surface area contributed by atoms with Gasteiger partial charge in [0, 0.05) is 5.80 Å². The lowest BCUT2D eigenvalue weighted by molar-refractivity contribution is -0.133. The number of rotatable bonds is 6. The zero-order chi connectivity index (χ0) is 19.8. The number of benzene rings is 3. The molecule has 0 radical (unpaired) electrons. The summed E-state index contributed by atoms with van der Waals surface area (Å²) in [5, 5.41) is 3.39. The van der Waals surface area contributed by atoms with Gasteiger partial charge in [0.05, 0.1) is 0 Å². The smallest absolute Gasteiger partial charge is 0.332 e. The molecule has 0 aliphatic heterocycles. The molecule has 0 heterocycles. The van der Waals surface area contributed by atoms with Gasteiger partial charge in [-0.15, -0.1) is 0 Å². The van der Waals surface area contributed by atoms with Crippen LogP contribution in [-0.4, -0.2) is 18.4 Å². The molecule has 0 bridgehead atoms. The van der Waals surface area contributed by atoms with E-state index in [1.165, 1.54) is 0 Å². The van der Waals surface area contributed by atoms with Crippen LogP contribution in [0.1, 0.15) is 13.8 Å². The number of allylic oxidation sites excluding steroid dienone is 1. The number of ether oxygens (including phenoxy) is 1. The average molecular weight is 388 g/mol. The van der Waals surface area contributed by atoms with Crippen LogP contribution in [0.5, 0.6) is 0 Å². The van der Waals surface area contributed by atoms with E-state index < -0.39 is 6.89 Å². The molecule has 3 heteroatoms. The van der Waals surface area contributed by atoms with Gasteiger partial charge in [0.25, 0.3) is 0 Å². The number of esters is 1. The third-order valence-corrected chi connectivity index (χ3v) is 8.44. The highest BCUT2D eigenvalue weighted by molar-refractivity contribution is 7.95. The summed E-state index contributed by atoms with van der Waals surface area (Å²) in [6.45, 7) is 1.98. The van der Waals surface area contributed by atoms with Crippen molar-refractivity contribution < 1.29 is 9.53 Å². The van der Waals surface area contributed by atoms with E-state index in [9.17, 15) is 4.79 Å². The van der Waals surface area contributed by atoms with E-state index in [0.717, 1.165) is 21.5 Å².